The van der Waals surface area contributed by atoms with Gasteiger partial charge in [-0.25, -0.2) is 4.98 Å². The summed E-state index contributed by atoms with van der Waals surface area (Å²) in [5.74, 6) is 2.92. The van der Waals surface area contributed by atoms with Crippen LogP contribution in [0.25, 0.3) is 15.3 Å². The Morgan fingerprint density at radius 3 is 2.59 bits per heavy atom. The lowest BCUT2D eigenvalue weighted by molar-refractivity contribution is -0.118. The highest BCUT2D eigenvalue weighted by Crippen LogP contribution is 2.38. The molecule has 3 heterocycles. The summed E-state index contributed by atoms with van der Waals surface area (Å²) in [6, 6.07) is 12.7. The van der Waals surface area contributed by atoms with Crippen LogP contribution in [0.5, 0.6) is 23.0 Å². The highest BCUT2D eigenvalue weighted by Gasteiger charge is 2.19. The Balaban J connectivity index is 1.30. The highest BCUT2D eigenvalue weighted by molar-refractivity contribution is 7.20. The number of anilines is 1. The molecule has 164 valence electrons. The number of ether oxygens (including phenoxy) is 4. The molecule has 0 atom stereocenters. The summed E-state index contributed by atoms with van der Waals surface area (Å²) in [6.07, 6.45) is 0. The van der Waals surface area contributed by atoms with Gasteiger partial charge in [0.2, 0.25) is 11.9 Å². The van der Waals surface area contributed by atoms with Crippen molar-refractivity contribution in [2.45, 2.75) is 13.8 Å². The van der Waals surface area contributed by atoms with Crippen molar-refractivity contribution >= 4 is 33.3 Å². The number of carbonyl (C=O) groups excluding carboxylic acids is 1. The number of hydrogen-bond donors (Lipinski definition) is 1. The van der Waals surface area contributed by atoms with E-state index in [1.807, 2.05) is 26.0 Å². The lowest BCUT2D eigenvalue weighted by Gasteiger charge is -2.09. The fourth-order valence-corrected chi connectivity index (χ4v) is 4.20. The van der Waals surface area contributed by atoms with Crippen LogP contribution in [0.3, 0.4) is 0 Å². The van der Waals surface area contributed by atoms with E-state index >= 15 is 0 Å². The fraction of sp³-hybridized carbons (Fsp3) is 0.227. The maximum Gasteiger partial charge on any atom is 0.263 e. The first-order chi connectivity index (χ1) is 15.6. The van der Waals surface area contributed by atoms with Gasteiger partial charge in [-0.1, -0.05) is 11.3 Å². The Morgan fingerprint density at radius 2 is 1.84 bits per heavy atom. The Hall–Kier alpha value is -3.79. The molecule has 0 aliphatic carbocycles. The zero-order chi connectivity index (χ0) is 22.1. The third-order valence-corrected chi connectivity index (χ3v) is 5.65. The summed E-state index contributed by atoms with van der Waals surface area (Å²) < 4.78 is 24.4. The maximum absolute atomic E-state index is 12.5. The highest BCUT2D eigenvalue weighted by atomic mass is 32.1. The molecule has 0 spiro atoms. The lowest BCUT2D eigenvalue weighted by Crippen LogP contribution is -2.21. The second-order valence-electron chi connectivity index (χ2n) is 6.99. The minimum atomic E-state index is -0.304. The number of aromatic nitrogens is 3. The maximum atomic E-state index is 12.5. The average molecular weight is 452 g/mol. The van der Waals surface area contributed by atoms with Gasteiger partial charge in [-0.05, 0) is 38.1 Å². The predicted octanol–water partition coefficient (Wildman–Crippen LogP) is 3.94. The number of thiazole rings is 1. The third-order valence-electron chi connectivity index (χ3n) is 4.66. The van der Waals surface area contributed by atoms with Gasteiger partial charge in [0.15, 0.2) is 18.1 Å². The molecule has 2 aromatic carbocycles. The molecule has 0 unspecified atom stereocenters. The molecule has 10 heteroatoms. The van der Waals surface area contributed by atoms with Gasteiger partial charge in [0.05, 0.1) is 22.5 Å². The van der Waals surface area contributed by atoms with Crippen LogP contribution in [-0.4, -0.2) is 40.7 Å². The molecule has 0 saturated heterocycles. The van der Waals surface area contributed by atoms with E-state index in [4.69, 9.17) is 18.9 Å². The summed E-state index contributed by atoms with van der Waals surface area (Å²) >= 11 is 1.45. The van der Waals surface area contributed by atoms with Crippen molar-refractivity contribution in [3.63, 3.8) is 0 Å². The molecular weight excluding hydrogens is 432 g/mol. The van der Waals surface area contributed by atoms with Crippen LogP contribution in [-0.2, 0) is 4.79 Å². The molecule has 0 fully saturated rings. The van der Waals surface area contributed by atoms with Crippen LogP contribution in [0, 0.1) is 6.92 Å². The first-order valence-corrected chi connectivity index (χ1v) is 10.8. The number of benzene rings is 2. The van der Waals surface area contributed by atoms with Crippen LogP contribution >= 0.6 is 11.3 Å². The normalized spacial score (nSPS) is 12.2. The van der Waals surface area contributed by atoms with Crippen molar-refractivity contribution < 1.29 is 23.7 Å². The summed E-state index contributed by atoms with van der Waals surface area (Å²) in [4.78, 5) is 17.2. The molecule has 1 aliphatic rings. The second-order valence-corrected chi connectivity index (χ2v) is 8.00. The van der Waals surface area contributed by atoms with Crippen LogP contribution in [0.1, 0.15) is 12.6 Å². The molecule has 2 aromatic heterocycles. The van der Waals surface area contributed by atoms with Crippen LogP contribution < -0.4 is 24.3 Å². The molecule has 32 heavy (non-hydrogen) atoms. The van der Waals surface area contributed by atoms with E-state index in [1.165, 1.54) is 11.3 Å². The first-order valence-electron chi connectivity index (χ1n) is 10.0. The van der Waals surface area contributed by atoms with Gasteiger partial charge in [0.1, 0.15) is 17.3 Å². The molecule has 0 saturated carbocycles. The summed E-state index contributed by atoms with van der Waals surface area (Å²) in [6.45, 7) is 4.44. The van der Waals surface area contributed by atoms with Gasteiger partial charge in [0.25, 0.3) is 5.91 Å². The number of amides is 1. The number of aryl methyl sites for hydroxylation is 1. The van der Waals surface area contributed by atoms with Crippen molar-refractivity contribution in [1.29, 1.82) is 0 Å². The molecule has 0 bridgehead atoms. The van der Waals surface area contributed by atoms with E-state index in [0.29, 0.717) is 34.8 Å². The van der Waals surface area contributed by atoms with Crippen molar-refractivity contribution in [2.75, 3.05) is 25.3 Å². The van der Waals surface area contributed by atoms with Crippen LogP contribution in [0.4, 0.5) is 5.82 Å². The predicted molar refractivity (Wildman–Crippen MR) is 119 cm³/mol. The van der Waals surface area contributed by atoms with Crippen LogP contribution in [0.2, 0.25) is 0 Å². The van der Waals surface area contributed by atoms with E-state index in [1.54, 1.807) is 35.0 Å². The van der Waals surface area contributed by atoms with Crippen molar-refractivity contribution in [3.8, 4) is 28.1 Å². The van der Waals surface area contributed by atoms with Crippen molar-refractivity contribution in [3.05, 3.63) is 48.2 Å². The fourth-order valence-electron chi connectivity index (χ4n) is 3.26. The van der Waals surface area contributed by atoms with E-state index in [2.05, 4.69) is 15.4 Å². The first kappa shape index (κ1) is 20.1. The number of nitrogens with zero attached hydrogens (tertiary/aromatic N) is 3. The van der Waals surface area contributed by atoms with E-state index < -0.39 is 0 Å². The standard InChI is InChI=1S/C22H20N4O5S/c1-3-28-14-4-6-15(7-5-14)29-11-21(27)24-20-8-13(2)25-26(20)22-23-16-9-17-18(31-12-30-17)10-19(16)32-22/h4-10H,3,11-12H2,1-2H3,(H,24,27). The molecule has 5 rings (SSSR count). The third kappa shape index (κ3) is 4.04. The number of hydrogen-bond acceptors (Lipinski definition) is 8. The number of fused-ring (bicyclic) bond motifs is 2. The Bertz CT molecular complexity index is 1240. The summed E-state index contributed by atoms with van der Waals surface area (Å²) in [7, 11) is 0. The molecule has 1 amide bonds. The average Bonchev–Trinajstić information content (AvgIpc) is 3.49. The van der Waals surface area contributed by atoms with Gasteiger partial charge < -0.3 is 24.3 Å². The molecule has 4 aromatic rings. The van der Waals surface area contributed by atoms with Crippen molar-refractivity contribution in [1.82, 2.24) is 14.8 Å². The SMILES string of the molecule is CCOc1ccc(OCC(=O)Nc2cc(C)nn2-c2nc3cc4c(cc3s2)OCO4)cc1. The minimum Gasteiger partial charge on any atom is -0.494 e. The Labute approximate surface area is 187 Å². The quantitative estimate of drug-likeness (QED) is 0.454. The zero-order valence-corrected chi connectivity index (χ0v) is 18.3. The van der Waals surface area contributed by atoms with Gasteiger partial charge in [-0.2, -0.15) is 9.78 Å². The van der Waals surface area contributed by atoms with Gasteiger partial charge in [0, 0.05) is 18.2 Å². The molecule has 0 radical (unpaired) electrons. The molecule has 9 nitrogen and oxygen atoms in total. The number of carbonyl (C=O) groups is 1. The summed E-state index contributed by atoms with van der Waals surface area (Å²) in [5, 5.41) is 7.96. The molecule has 1 N–H and O–H groups in total. The van der Waals surface area contributed by atoms with Gasteiger partial charge >= 0.3 is 0 Å². The number of rotatable bonds is 7. The summed E-state index contributed by atoms with van der Waals surface area (Å²) in [5.41, 5.74) is 1.53. The molecular formula is C22H20N4O5S. The van der Waals surface area contributed by atoms with Gasteiger partial charge in [-0.3, -0.25) is 4.79 Å². The Kier molecular flexibility index (Phi) is 5.28. The minimum absolute atomic E-state index is 0.139. The smallest absolute Gasteiger partial charge is 0.263 e. The van der Waals surface area contributed by atoms with E-state index in [9.17, 15) is 4.79 Å². The lowest BCUT2D eigenvalue weighted by atomic mass is 10.3. The second kappa shape index (κ2) is 8.39. The van der Waals surface area contributed by atoms with E-state index in [-0.39, 0.29) is 19.3 Å². The monoisotopic (exact) mass is 452 g/mol. The van der Waals surface area contributed by atoms with E-state index in [0.717, 1.165) is 21.7 Å². The zero-order valence-electron chi connectivity index (χ0n) is 17.5. The topological polar surface area (TPSA) is 96.7 Å². The van der Waals surface area contributed by atoms with Crippen LogP contribution in [0.15, 0.2) is 42.5 Å². The number of nitrogens with one attached hydrogen (secondary N) is 1. The van der Waals surface area contributed by atoms with Gasteiger partial charge in [-0.15, -0.1) is 0 Å². The Morgan fingerprint density at radius 1 is 1.12 bits per heavy atom. The largest absolute Gasteiger partial charge is 0.494 e. The molecule has 1 aliphatic heterocycles. The van der Waals surface area contributed by atoms with Crippen molar-refractivity contribution in [2.24, 2.45) is 0 Å².